The number of aliphatic carboxylic acids is 1. The molecule has 23 heavy (non-hydrogen) atoms. The molecule has 1 heterocycles. The molecule has 1 unspecified atom stereocenters. The standard InChI is InChI=1S/C16H20N4O3/c1-3-7-12(16(22)23)10-17-15(21)14-11(2)20(19-18-14)13-8-5-4-6-9-13/h4-6,8-9,12H,3,7,10H2,1-2H3,(H,17,21)(H,22,23). The zero-order valence-electron chi connectivity index (χ0n) is 13.2. The van der Waals surface area contributed by atoms with Gasteiger partial charge in [-0.3, -0.25) is 9.59 Å². The fraction of sp³-hybridized carbons (Fsp3) is 0.375. The number of carbonyl (C=O) groups is 2. The number of carboxylic acid groups (broad SMARTS) is 1. The molecule has 0 aliphatic carbocycles. The van der Waals surface area contributed by atoms with Crippen molar-refractivity contribution in [1.82, 2.24) is 20.3 Å². The first kappa shape index (κ1) is 16.7. The molecule has 1 aromatic carbocycles. The van der Waals surface area contributed by atoms with E-state index < -0.39 is 17.8 Å². The van der Waals surface area contributed by atoms with Gasteiger partial charge < -0.3 is 10.4 Å². The van der Waals surface area contributed by atoms with Gasteiger partial charge in [0.1, 0.15) is 0 Å². The highest BCUT2D eigenvalue weighted by Gasteiger charge is 2.21. The number of carbonyl (C=O) groups excluding carboxylic acids is 1. The van der Waals surface area contributed by atoms with Crippen molar-refractivity contribution in [3.8, 4) is 5.69 Å². The maximum atomic E-state index is 12.2. The molecule has 1 amide bonds. The highest BCUT2D eigenvalue weighted by Crippen LogP contribution is 2.12. The van der Waals surface area contributed by atoms with Crippen molar-refractivity contribution in [2.45, 2.75) is 26.7 Å². The summed E-state index contributed by atoms with van der Waals surface area (Å²) in [7, 11) is 0. The molecule has 1 aromatic heterocycles. The maximum Gasteiger partial charge on any atom is 0.308 e. The van der Waals surface area contributed by atoms with Crippen molar-refractivity contribution in [3.63, 3.8) is 0 Å². The second kappa shape index (κ2) is 7.53. The number of amides is 1. The summed E-state index contributed by atoms with van der Waals surface area (Å²) in [5, 5.41) is 19.7. The molecular weight excluding hydrogens is 296 g/mol. The normalized spacial score (nSPS) is 11.9. The average Bonchev–Trinajstić information content (AvgIpc) is 2.93. The second-order valence-corrected chi connectivity index (χ2v) is 5.30. The van der Waals surface area contributed by atoms with Gasteiger partial charge in [0.2, 0.25) is 0 Å². The zero-order valence-corrected chi connectivity index (χ0v) is 13.2. The van der Waals surface area contributed by atoms with Gasteiger partial charge >= 0.3 is 5.97 Å². The van der Waals surface area contributed by atoms with E-state index in [1.165, 1.54) is 0 Å². The van der Waals surface area contributed by atoms with Crippen LogP contribution in [0.3, 0.4) is 0 Å². The third-order valence-corrected chi connectivity index (χ3v) is 3.61. The van der Waals surface area contributed by atoms with Gasteiger partial charge in [-0.2, -0.15) is 0 Å². The van der Waals surface area contributed by atoms with E-state index in [4.69, 9.17) is 5.11 Å². The van der Waals surface area contributed by atoms with Gasteiger partial charge in [-0.15, -0.1) is 5.10 Å². The van der Waals surface area contributed by atoms with Crippen LogP contribution in [0.1, 0.15) is 35.9 Å². The van der Waals surface area contributed by atoms with Gasteiger partial charge in [0.05, 0.1) is 17.3 Å². The molecule has 0 fully saturated rings. The summed E-state index contributed by atoms with van der Waals surface area (Å²) in [5.74, 6) is -1.91. The Kier molecular flexibility index (Phi) is 5.46. The number of para-hydroxylation sites is 1. The van der Waals surface area contributed by atoms with Crippen LogP contribution in [0.25, 0.3) is 5.69 Å². The fourth-order valence-corrected chi connectivity index (χ4v) is 2.31. The third kappa shape index (κ3) is 3.94. The van der Waals surface area contributed by atoms with E-state index >= 15 is 0 Å². The summed E-state index contributed by atoms with van der Waals surface area (Å²) in [4.78, 5) is 23.3. The Hall–Kier alpha value is -2.70. The van der Waals surface area contributed by atoms with E-state index in [0.29, 0.717) is 12.1 Å². The number of carboxylic acids is 1. The number of nitrogens with one attached hydrogen (secondary N) is 1. The molecule has 1 atom stereocenters. The van der Waals surface area contributed by atoms with E-state index in [9.17, 15) is 9.59 Å². The zero-order chi connectivity index (χ0) is 16.8. The Balaban J connectivity index is 2.09. The molecule has 7 nitrogen and oxygen atoms in total. The average molecular weight is 316 g/mol. The van der Waals surface area contributed by atoms with Crippen LogP contribution < -0.4 is 5.32 Å². The molecule has 0 saturated carbocycles. The largest absolute Gasteiger partial charge is 0.481 e. The molecule has 0 bridgehead atoms. The number of hydrogen-bond acceptors (Lipinski definition) is 4. The lowest BCUT2D eigenvalue weighted by molar-refractivity contribution is -0.141. The van der Waals surface area contributed by atoms with Gasteiger partial charge in [0.25, 0.3) is 5.91 Å². The third-order valence-electron chi connectivity index (χ3n) is 3.61. The minimum atomic E-state index is -0.906. The Labute approximate surface area is 134 Å². The Morgan fingerprint density at radius 2 is 2.00 bits per heavy atom. The number of benzene rings is 1. The Morgan fingerprint density at radius 3 is 2.61 bits per heavy atom. The lowest BCUT2D eigenvalue weighted by Crippen LogP contribution is -2.33. The molecular formula is C16H20N4O3. The summed E-state index contributed by atoms with van der Waals surface area (Å²) >= 11 is 0. The van der Waals surface area contributed by atoms with E-state index in [2.05, 4.69) is 15.6 Å². The van der Waals surface area contributed by atoms with Crippen LogP contribution in [0.15, 0.2) is 30.3 Å². The van der Waals surface area contributed by atoms with Crippen LogP contribution in [0.2, 0.25) is 0 Å². The minimum Gasteiger partial charge on any atom is -0.481 e. The quantitative estimate of drug-likeness (QED) is 0.812. The highest BCUT2D eigenvalue weighted by atomic mass is 16.4. The number of rotatable bonds is 7. The number of nitrogens with zero attached hydrogens (tertiary/aromatic N) is 3. The molecule has 122 valence electrons. The number of hydrogen-bond donors (Lipinski definition) is 2. The molecule has 0 aliphatic rings. The van der Waals surface area contributed by atoms with Crippen molar-refractivity contribution in [2.24, 2.45) is 5.92 Å². The molecule has 7 heteroatoms. The molecule has 0 spiro atoms. The monoisotopic (exact) mass is 316 g/mol. The Morgan fingerprint density at radius 1 is 1.30 bits per heavy atom. The van der Waals surface area contributed by atoms with E-state index in [-0.39, 0.29) is 12.2 Å². The van der Waals surface area contributed by atoms with E-state index in [1.54, 1.807) is 11.6 Å². The molecule has 0 aliphatic heterocycles. The van der Waals surface area contributed by atoms with Crippen molar-refractivity contribution in [1.29, 1.82) is 0 Å². The predicted octanol–water partition coefficient (Wildman–Crippen LogP) is 1.81. The van der Waals surface area contributed by atoms with E-state index in [1.807, 2.05) is 37.3 Å². The second-order valence-electron chi connectivity index (χ2n) is 5.30. The molecule has 2 aromatic rings. The van der Waals surface area contributed by atoms with Gasteiger partial charge in [-0.1, -0.05) is 36.8 Å². The molecule has 2 N–H and O–H groups in total. The molecule has 2 rings (SSSR count). The van der Waals surface area contributed by atoms with Crippen LogP contribution in [0.4, 0.5) is 0 Å². The summed E-state index contributed by atoms with van der Waals surface area (Å²) in [5.41, 5.74) is 1.62. The van der Waals surface area contributed by atoms with Gasteiger partial charge in [-0.25, -0.2) is 4.68 Å². The van der Waals surface area contributed by atoms with Crippen LogP contribution >= 0.6 is 0 Å². The summed E-state index contributed by atoms with van der Waals surface area (Å²) in [6, 6.07) is 9.37. The first-order valence-corrected chi connectivity index (χ1v) is 7.53. The summed E-state index contributed by atoms with van der Waals surface area (Å²) < 4.78 is 1.58. The van der Waals surface area contributed by atoms with Crippen molar-refractivity contribution in [2.75, 3.05) is 6.54 Å². The van der Waals surface area contributed by atoms with Gasteiger partial charge in [0, 0.05) is 6.54 Å². The van der Waals surface area contributed by atoms with Crippen molar-refractivity contribution in [3.05, 3.63) is 41.7 Å². The van der Waals surface area contributed by atoms with Crippen LogP contribution in [0, 0.1) is 12.8 Å². The smallest absolute Gasteiger partial charge is 0.308 e. The maximum absolute atomic E-state index is 12.2. The first-order valence-electron chi connectivity index (χ1n) is 7.53. The lowest BCUT2D eigenvalue weighted by Gasteiger charge is -2.11. The summed E-state index contributed by atoms with van der Waals surface area (Å²) in [6.07, 6.45) is 1.27. The fourth-order valence-electron chi connectivity index (χ4n) is 2.31. The first-order chi connectivity index (χ1) is 11.0. The topological polar surface area (TPSA) is 97.1 Å². The van der Waals surface area contributed by atoms with Crippen LogP contribution in [0.5, 0.6) is 0 Å². The number of aromatic nitrogens is 3. The SMILES string of the molecule is CCCC(CNC(=O)c1nnn(-c2ccccc2)c1C)C(=O)O. The molecule has 0 radical (unpaired) electrons. The Bertz CT molecular complexity index is 682. The van der Waals surface area contributed by atoms with Crippen LogP contribution in [-0.4, -0.2) is 38.5 Å². The van der Waals surface area contributed by atoms with Gasteiger partial charge in [-0.05, 0) is 25.5 Å². The van der Waals surface area contributed by atoms with Crippen molar-refractivity contribution >= 4 is 11.9 Å². The lowest BCUT2D eigenvalue weighted by atomic mass is 10.0. The van der Waals surface area contributed by atoms with Crippen molar-refractivity contribution < 1.29 is 14.7 Å². The van der Waals surface area contributed by atoms with Gasteiger partial charge in [0.15, 0.2) is 5.69 Å². The molecule has 0 saturated heterocycles. The van der Waals surface area contributed by atoms with Crippen LogP contribution in [-0.2, 0) is 4.79 Å². The minimum absolute atomic E-state index is 0.0830. The highest BCUT2D eigenvalue weighted by molar-refractivity contribution is 5.93. The van der Waals surface area contributed by atoms with E-state index in [0.717, 1.165) is 12.1 Å². The summed E-state index contributed by atoms with van der Waals surface area (Å²) in [6.45, 7) is 3.75. The predicted molar refractivity (Wildman–Crippen MR) is 84.5 cm³/mol.